The van der Waals surface area contributed by atoms with Crippen molar-refractivity contribution in [1.29, 1.82) is 0 Å². The van der Waals surface area contributed by atoms with Crippen molar-refractivity contribution in [3.63, 3.8) is 0 Å². The van der Waals surface area contributed by atoms with Gasteiger partial charge < -0.3 is 10.3 Å². The van der Waals surface area contributed by atoms with E-state index in [1.807, 2.05) is 24.3 Å². The minimum atomic E-state index is -0.379. The van der Waals surface area contributed by atoms with Crippen molar-refractivity contribution in [3.05, 3.63) is 69.1 Å². The van der Waals surface area contributed by atoms with Gasteiger partial charge in [0.1, 0.15) is 5.56 Å². The van der Waals surface area contributed by atoms with E-state index in [1.54, 1.807) is 6.07 Å². The molecular weight excluding hydrogens is 326 g/mol. The minimum Gasteiger partial charge on any atom is -0.350 e. The molecular formula is C18H20ClN3O2. The molecule has 1 saturated heterocycles. The molecule has 1 aromatic carbocycles. The first-order valence-corrected chi connectivity index (χ1v) is 8.48. The molecule has 24 heavy (non-hydrogen) atoms. The normalized spacial score (nSPS) is 16.0. The number of amides is 1. The number of carbonyl (C=O) groups is 1. The topological polar surface area (TPSA) is 65.2 Å². The number of hydrogen-bond donors (Lipinski definition) is 2. The van der Waals surface area contributed by atoms with Crippen molar-refractivity contribution in [2.24, 2.45) is 0 Å². The second-order valence-electron chi connectivity index (χ2n) is 5.94. The number of rotatable bonds is 5. The van der Waals surface area contributed by atoms with E-state index >= 15 is 0 Å². The quantitative estimate of drug-likeness (QED) is 0.875. The van der Waals surface area contributed by atoms with E-state index in [1.165, 1.54) is 12.3 Å². The fraction of sp³-hybridized carbons (Fsp3) is 0.333. The van der Waals surface area contributed by atoms with Crippen LogP contribution < -0.4 is 10.9 Å². The highest BCUT2D eigenvalue weighted by Gasteiger charge is 2.24. The third kappa shape index (κ3) is 3.86. The number of likely N-dealkylation sites (tertiary alicyclic amines) is 1. The summed E-state index contributed by atoms with van der Waals surface area (Å²) < 4.78 is 0. The molecule has 2 N–H and O–H groups in total. The first-order chi connectivity index (χ1) is 11.6. The van der Waals surface area contributed by atoms with Crippen molar-refractivity contribution in [2.75, 3.05) is 19.6 Å². The molecule has 1 unspecified atom stereocenters. The fourth-order valence-electron chi connectivity index (χ4n) is 3.11. The highest BCUT2D eigenvalue weighted by molar-refractivity contribution is 6.30. The van der Waals surface area contributed by atoms with Crippen LogP contribution in [-0.4, -0.2) is 35.4 Å². The number of benzene rings is 1. The number of nitrogens with one attached hydrogen (secondary N) is 2. The Morgan fingerprint density at radius 1 is 1.25 bits per heavy atom. The molecule has 2 heterocycles. The molecule has 6 heteroatoms. The number of H-pyrrole nitrogens is 1. The number of carbonyl (C=O) groups excluding carboxylic acids is 1. The van der Waals surface area contributed by atoms with Gasteiger partial charge in [0, 0.05) is 17.8 Å². The average Bonchev–Trinajstić information content (AvgIpc) is 3.10. The molecule has 0 aliphatic carbocycles. The second kappa shape index (κ2) is 7.64. The van der Waals surface area contributed by atoms with E-state index in [9.17, 15) is 9.59 Å². The zero-order valence-electron chi connectivity index (χ0n) is 13.3. The van der Waals surface area contributed by atoms with Crippen LogP contribution in [0.2, 0.25) is 5.02 Å². The zero-order valence-corrected chi connectivity index (χ0v) is 14.1. The molecule has 0 saturated carbocycles. The van der Waals surface area contributed by atoms with Crippen molar-refractivity contribution in [3.8, 4) is 0 Å². The van der Waals surface area contributed by atoms with Gasteiger partial charge in [-0.3, -0.25) is 14.5 Å². The molecule has 0 bridgehead atoms. The summed E-state index contributed by atoms with van der Waals surface area (Å²) in [6.07, 6.45) is 3.82. The van der Waals surface area contributed by atoms with Crippen LogP contribution in [0.3, 0.4) is 0 Å². The number of halogens is 1. The number of hydrogen-bond acceptors (Lipinski definition) is 3. The van der Waals surface area contributed by atoms with Gasteiger partial charge in [-0.2, -0.15) is 0 Å². The molecule has 3 rings (SSSR count). The zero-order chi connectivity index (χ0) is 16.9. The van der Waals surface area contributed by atoms with Gasteiger partial charge in [0.25, 0.3) is 11.5 Å². The third-order valence-corrected chi connectivity index (χ3v) is 4.57. The maximum atomic E-state index is 12.3. The van der Waals surface area contributed by atoms with Crippen LogP contribution in [-0.2, 0) is 0 Å². The van der Waals surface area contributed by atoms with Gasteiger partial charge in [0.2, 0.25) is 0 Å². The maximum Gasteiger partial charge on any atom is 0.260 e. The summed E-state index contributed by atoms with van der Waals surface area (Å²) in [5.74, 6) is -0.358. The maximum absolute atomic E-state index is 12.3. The van der Waals surface area contributed by atoms with Crippen LogP contribution in [0.4, 0.5) is 0 Å². The van der Waals surface area contributed by atoms with Gasteiger partial charge in [-0.25, -0.2) is 0 Å². The van der Waals surface area contributed by atoms with Gasteiger partial charge in [-0.1, -0.05) is 23.7 Å². The SMILES string of the molecule is O=C(NCC(c1cccc(Cl)c1)N1CCCC1)c1ccc[nH]c1=O. The molecule has 2 aromatic rings. The molecule has 126 valence electrons. The molecule has 1 aliphatic rings. The standard InChI is InChI=1S/C18H20ClN3O2/c19-14-6-3-5-13(11-14)16(22-9-1-2-10-22)12-21-18(24)15-7-4-8-20-17(15)23/h3-8,11,16H,1-2,9-10,12H2,(H,20,23)(H,21,24). The van der Waals surface area contributed by atoms with E-state index in [4.69, 9.17) is 11.6 Å². The van der Waals surface area contributed by atoms with E-state index in [0.717, 1.165) is 31.5 Å². The van der Waals surface area contributed by atoms with Gasteiger partial charge in [-0.05, 0) is 55.8 Å². The van der Waals surface area contributed by atoms with Crippen molar-refractivity contribution in [1.82, 2.24) is 15.2 Å². The lowest BCUT2D eigenvalue weighted by molar-refractivity contribution is 0.0936. The summed E-state index contributed by atoms with van der Waals surface area (Å²) in [5, 5.41) is 3.57. The Kier molecular flexibility index (Phi) is 5.33. The van der Waals surface area contributed by atoms with Crippen LogP contribution in [0.5, 0.6) is 0 Å². The molecule has 1 amide bonds. The minimum absolute atomic E-state index is 0.0537. The van der Waals surface area contributed by atoms with Crippen LogP contribution in [0.1, 0.15) is 34.8 Å². The molecule has 0 radical (unpaired) electrons. The fourth-order valence-corrected chi connectivity index (χ4v) is 3.31. The molecule has 1 aliphatic heterocycles. The lowest BCUT2D eigenvalue weighted by atomic mass is 10.1. The van der Waals surface area contributed by atoms with Crippen molar-refractivity contribution in [2.45, 2.75) is 18.9 Å². The predicted molar refractivity (Wildman–Crippen MR) is 94.4 cm³/mol. The van der Waals surface area contributed by atoms with E-state index in [0.29, 0.717) is 11.6 Å². The Labute approximate surface area is 145 Å². The van der Waals surface area contributed by atoms with Crippen LogP contribution in [0, 0.1) is 0 Å². The van der Waals surface area contributed by atoms with Gasteiger partial charge in [0.05, 0.1) is 6.04 Å². The number of aromatic nitrogens is 1. The van der Waals surface area contributed by atoms with Crippen LogP contribution >= 0.6 is 11.6 Å². The van der Waals surface area contributed by atoms with Gasteiger partial charge in [0.15, 0.2) is 0 Å². The highest BCUT2D eigenvalue weighted by Crippen LogP contribution is 2.26. The Hall–Kier alpha value is -2.11. The molecule has 0 spiro atoms. The Morgan fingerprint density at radius 3 is 2.75 bits per heavy atom. The van der Waals surface area contributed by atoms with E-state index < -0.39 is 0 Å². The van der Waals surface area contributed by atoms with Gasteiger partial charge in [-0.15, -0.1) is 0 Å². The Balaban J connectivity index is 1.76. The first kappa shape index (κ1) is 16.7. The summed E-state index contributed by atoms with van der Waals surface area (Å²) in [4.78, 5) is 28.9. The van der Waals surface area contributed by atoms with E-state index in [2.05, 4.69) is 15.2 Å². The summed E-state index contributed by atoms with van der Waals surface area (Å²) in [6.45, 7) is 2.44. The van der Waals surface area contributed by atoms with Crippen LogP contribution in [0.25, 0.3) is 0 Å². The Bertz CT molecular complexity index is 769. The predicted octanol–water partition coefficient (Wildman–Crippen LogP) is 2.60. The largest absolute Gasteiger partial charge is 0.350 e. The van der Waals surface area contributed by atoms with Crippen LogP contribution in [0.15, 0.2) is 47.4 Å². The molecule has 1 atom stereocenters. The van der Waals surface area contributed by atoms with E-state index in [-0.39, 0.29) is 23.1 Å². The Morgan fingerprint density at radius 2 is 2.04 bits per heavy atom. The molecule has 1 fully saturated rings. The molecule has 5 nitrogen and oxygen atoms in total. The van der Waals surface area contributed by atoms with Crippen molar-refractivity contribution < 1.29 is 4.79 Å². The summed E-state index contributed by atoms with van der Waals surface area (Å²) in [5.41, 5.74) is 0.825. The second-order valence-corrected chi connectivity index (χ2v) is 6.37. The van der Waals surface area contributed by atoms with Crippen molar-refractivity contribution >= 4 is 17.5 Å². The molecule has 1 aromatic heterocycles. The number of nitrogens with zero attached hydrogens (tertiary/aromatic N) is 1. The summed E-state index contributed by atoms with van der Waals surface area (Å²) in [6, 6.07) is 10.9. The summed E-state index contributed by atoms with van der Waals surface area (Å²) in [7, 11) is 0. The average molecular weight is 346 g/mol. The lowest BCUT2D eigenvalue weighted by Crippen LogP contribution is -2.38. The number of pyridine rings is 1. The summed E-state index contributed by atoms with van der Waals surface area (Å²) >= 11 is 6.12. The highest BCUT2D eigenvalue weighted by atomic mass is 35.5. The third-order valence-electron chi connectivity index (χ3n) is 4.33. The van der Waals surface area contributed by atoms with Gasteiger partial charge >= 0.3 is 0 Å². The first-order valence-electron chi connectivity index (χ1n) is 8.10. The lowest BCUT2D eigenvalue weighted by Gasteiger charge is -2.28. The smallest absolute Gasteiger partial charge is 0.260 e. The number of aromatic amines is 1. The monoisotopic (exact) mass is 345 g/mol.